The second kappa shape index (κ2) is 4.23. The third kappa shape index (κ3) is 3.52. The molecule has 2 nitrogen and oxygen atoms in total. The van der Waals surface area contributed by atoms with Crippen molar-refractivity contribution in [3.05, 3.63) is 33.7 Å². The molecule has 1 rings (SSSR count). The van der Waals surface area contributed by atoms with Gasteiger partial charge in [0.05, 0.1) is 6.17 Å². The van der Waals surface area contributed by atoms with Crippen LogP contribution < -0.4 is 5.56 Å². The van der Waals surface area contributed by atoms with Crippen LogP contribution in [0.2, 0.25) is 5.15 Å². The molecule has 13 heavy (non-hydrogen) atoms. The SMILES string of the molecule is O=c1cccc(Cl)n1C[Si](Cl)(Cl)Cl. The minimum Gasteiger partial charge on any atom is -0.298 e. The van der Waals surface area contributed by atoms with Crippen LogP contribution in [0.5, 0.6) is 0 Å². The first-order valence-electron chi connectivity index (χ1n) is 3.32. The molecule has 0 aliphatic rings. The molecule has 0 spiro atoms. The first-order valence-corrected chi connectivity index (χ1v) is 8.94. The highest BCUT2D eigenvalue weighted by Crippen LogP contribution is 2.22. The molecule has 1 heterocycles. The van der Waals surface area contributed by atoms with E-state index >= 15 is 0 Å². The van der Waals surface area contributed by atoms with Gasteiger partial charge in [0.2, 0.25) is 0 Å². The molecule has 0 radical (unpaired) electrons. The zero-order valence-electron chi connectivity index (χ0n) is 6.31. The molecule has 0 bridgehead atoms. The summed E-state index contributed by atoms with van der Waals surface area (Å²) >= 11 is 22.7. The van der Waals surface area contributed by atoms with Crippen LogP contribution in [0.1, 0.15) is 0 Å². The molecule has 0 atom stereocenters. The fourth-order valence-corrected chi connectivity index (χ4v) is 2.90. The molecule has 0 fully saturated rings. The molecule has 0 unspecified atom stereocenters. The Balaban J connectivity index is 3.08. The number of nitrogens with zero attached hydrogens (tertiary/aromatic N) is 1. The van der Waals surface area contributed by atoms with E-state index in [0.29, 0.717) is 0 Å². The van der Waals surface area contributed by atoms with E-state index in [9.17, 15) is 4.79 Å². The number of hydrogen-bond acceptors (Lipinski definition) is 1. The first kappa shape index (κ1) is 11.4. The minimum absolute atomic E-state index is 0.0795. The lowest BCUT2D eigenvalue weighted by Crippen LogP contribution is -2.29. The Hall–Kier alpha value is 0.327. The van der Waals surface area contributed by atoms with Crippen molar-refractivity contribution < 1.29 is 0 Å². The lowest BCUT2D eigenvalue weighted by molar-refractivity contribution is 0.825. The van der Waals surface area contributed by atoms with Crippen LogP contribution in [0.15, 0.2) is 23.0 Å². The topological polar surface area (TPSA) is 22.0 Å². The van der Waals surface area contributed by atoms with E-state index in [4.69, 9.17) is 44.8 Å². The normalized spacial score (nSPS) is 11.7. The number of halogens is 4. The molecule has 0 amide bonds. The van der Waals surface area contributed by atoms with Crippen molar-refractivity contribution in [1.29, 1.82) is 0 Å². The van der Waals surface area contributed by atoms with Crippen molar-refractivity contribution in [3.63, 3.8) is 0 Å². The number of pyridine rings is 1. The lowest BCUT2D eigenvalue weighted by Gasteiger charge is -2.11. The highest BCUT2D eigenvalue weighted by molar-refractivity contribution is 7.64. The van der Waals surface area contributed by atoms with Crippen molar-refractivity contribution in [2.24, 2.45) is 0 Å². The Labute approximate surface area is 95.1 Å². The van der Waals surface area contributed by atoms with Crippen molar-refractivity contribution in [1.82, 2.24) is 4.57 Å². The maximum absolute atomic E-state index is 11.2. The van der Waals surface area contributed by atoms with E-state index in [1.165, 1.54) is 10.6 Å². The van der Waals surface area contributed by atoms with Crippen molar-refractivity contribution in [2.75, 3.05) is 0 Å². The second-order valence-corrected chi connectivity index (χ2v) is 11.9. The second-order valence-electron chi connectivity index (χ2n) is 2.39. The van der Waals surface area contributed by atoms with Crippen LogP contribution in [-0.2, 0) is 6.17 Å². The summed E-state index contributed by atoms with van der Waals surface area (Å²) < 4.78 is 1.25. The fourth-order valence-electron chi connectivity index (χ4n) is 0.828. The van der Waals surface area contributed by atoms with Crippen molar-refractivity contribution in [2.45, 2.75) is 6.17 Å². The van der Waals surface area contributed by atoms with Gasteiger partial charge >= 0.3 is 6.00 Å². The van der Waals surface area contributed by atoms with Crippen molar-refractivity contribution >= 4 is 50.8 Å². The summed E-state index contributed by atoms with van der Waals surface area (Å²) in [6, 6.07) is 1.64. The van der Waals surface area contributed by atoms with Gasteiger partial charge in [-0.1, -0.05) is 17.7 Å². The molecule has 72 valence electrons. The molecule has 1 aromatic rings. The van der Waals surface area contributed by atoms with Gasteiger partial charge in [-0.25, -0.2) is 0 Å². The molecule has 7 heteroatoms. The third-order valence-electron chi connectivity index (χ3n) is 1.33. The predicted molar refractivity (Wildman–Crippen MR) is 59.0 cm³/mol. The molecule has 0 aromatic carbocycles. The number of rotatable bonds is 2. The third-order valence-corrected chi connectivity index (χ3v) is 3.41. The molecule has 0 N–H and O–H groups in total. The van der Waals surface area contributed by atoms with Gasteiger partial charge in [0.15, 0.2) is 0 Å². The van der Waals surface area contributed by atoms with Gasteiger partial charge in [-0.05, 0) is 6.07 Å². The van der Waals surface area contributed by atoms with Gasteiger partial charge < -0.3 is 0 Å². The molecule has 0 aliphatic heterocycles. The average Bonchev–Trinajstić information content (AvgIpc) is 1.95. The molecule has 0 aliphatic carbocycles. The Morgan fingerprint density at radius 1 is 1.31 bits per heavy atom. The summed E-state index contributed by atoms with van der Waals surface area (Å²) in [6.07, 6.45) is 0.0795. The maximum Gasteiger partial charge on any atom is 0.360 e. The first-order chi connectivity index (χ1) is 5.90. The van der Waals surface area contributed by atoms with Crippen LogP contribution in [0.3, 0.4) is 0 Å². The Morgan fingerprint density at radius 2 is 1.92 bits per heavy atom. The maximum atomic E-state index is 11.2. The van der Waals surface area contributed by atoms with E-state index < -0.39 is 6.00 Å². The fraction of sp³-hybridized carbons (Fsp3) is 0.167. The van der Waals surface area contributed by atoms with E-state index in [-0.39, 0.29) is 16.9 Å². The van der Waals surface area contributed by atoms with E-state index in [1.54, 1.807) is 12.1 Å². The standard InChI is InChI=1S/C6H5Cl4NOSi/c7-5-2-1-3-6(12)11(5)4-13(8,9)10/h1-3H,4H2. The largest absolute Gasteiger partial charge is 0.360 e. The molecule has 0 saturated carbocycles. The monoisotopic (exact) mass is 275 g/mol. The number of aromatic nitrogens is 1. The minimum atomic E-state index is -2.87. The molecular formula is C6H5Cl4NOSi. The van der Waals surface area contributed by atoms with E-state index in [1.807, 2.05) is 0 Å². The van der Waals surface area contributed by atoms with Crippen LogP contribution in [0.4, 0.5) is 0 Å². The zero-order chi connectivity index (χ0) is 10.1. The summed E-state index contributed by atoms with van der Waals surface area (Å²) in [5.74, 6) is 0. The molecule has 0 saturated heterocycles. The van der Waals surface area contributed by atoms with Crippen LogP contribution in [0.25, 0.3) is 0 Å². The zero-order valence-corrected chi connectivity index (χ0v) is 10.3. The highest BCUT2D eigenvalue weighted by atomic mass is 35.8. The summed E-state index contributed by atoms with van der Waals surface area (Å²) in [7, 11) is 0. The van der Waals surface area contributed by atoms with Gasteiger partial charge in [0, 0.05) is 6.07 Å². The van der Waals surface area contributed by atoms with Gasteiger partial charge in [-0.2, -0.15) is 0 Å². The van der Waals surface area contributed by atoms with Crippen LogP contribution in [-0.4, -0.2) is 10.6 Å². The van der Waals surface area contributed by atoms with Gasteiger partial charge in [-0.15, -0.1) is 33.2 Å². The summed E-state index contributed by atoms with van der Waals surface area (Å²) in [4.78, 5) is 11.2. The average molecular weight is 277 g/mol. The smallest absolute Gasteiger partial charge is 0.298 e. The Kier molecular flexibility index (Phi) is 3.71. The van der Waals surface area contributed by atoms with Crippen LogP contribution >= 0.6 is 44.8 Å². The summed E-state index contributed by atoms with van der Waals surface area (Å²) in [6.45, 7) is 0. The van der Waals surface area contributed by atoms with Gasteiger partial charge in [-0.3, -0.25) is 9.36 Å². The summed E-state index contributed by atoms with van der Waals surface area (Å²) in [5.41, 5.74) is -0.258. The van der Waals surface area contributed by atoms with Crippen LogP contribution in [0, 0.1) is 0 Å². The number of hydrogen-bond donors (Lipinski definition) is 0. The van der Waals surface area contributed by atoms with Crippen molar-refractivity contribution in [3.8, 4) is 0 Å². The Morgan fingerprint density at radius 3 is 2.38 bits per heavy atom. The quantitative estimate of drug-likeness (QED) is 0.463. The van der Waals surface area contributed by atoms with E-state index in [0.717, 1.165) is 0 Å². The highest BCUT2D eigenvalue weighted by Gasteiger charge is 2.26. The lowest BCUT2D eigenvalue weighted by atomic mass is 10.5. The van der Waals surface area contributed by atoms with Gasteiger partial charge in [0.25, 0.3) is 5.56 Å². The summed E-state index contributed by atoms with van der Waals surface area (Å²) in [5, 5.41) is 0.284. The molecule has 1 aromatic heterocycles. The Bertz CT molecular complexity index is 358. The van der Waals surface area contributed by atoms with E-state index in [2.05, 4.69) is 0 Å². The predicted octanol–water partition coefficient (Wildman–Crippen LogP) is 2.70. The van der Waals surface area contributed by atoms with Gasteiger partial charge in [0.1, 0.15) is 5.15 Å². The molecular weight excluding hydrogens is 272 g/mol.